The largest absolute Gasteiger partial charge is 0.398 e. The van der Waals surface area contributed by atoms with Gasteiger partial charge >= 0.3 is 0 Å². The summed E-state index contributed by atoms with van der Waals surface area (Å²) < 4.78 is 2.23. The highest BCUT2D eigenvalue weighted by Crippen LogP contribution is 2.34. The number of aryl methyl sites for hydroxylation is 1. The van der Waals surface area contributed by atoms with Crippen LogP contribution in [0, 0.1) is 0 Å². The van der Waals surface area contributed by atoms with Crippen molar-refractivity contribution in [3.63, 3.8) is 0 Å². The van der Waals surface area contributed by atoms with Crippen LogP contribution in [-0.4, -0.2) is 25.0 Å². The number of hydrogen-bond donors (Lipinski definition) is 2. The van der Waals surface area contributed by atoms with Gasteiger partial charge < -0.3 is 10.3 Å². The molecule has 21 heavy (non-hydrogen) atoms. The number of nitrogen functional groups attached to an aromatic ring is 1. The zero-order chi connectivity index (χ0) is 14.2. The number of fused-ring (bicyclic) bond motifs is 2. The van der Waals surface area contributed by atoms with Gasteiger partial charge in [-0.15, -0.1) is 10.2 Å². The zero-order valence-corrected chi connectivity index (χ0v) is 12.4. The van der Waals surface area contributed by atoms with Crippen molar-refractivity contribution in [2.24, 2.45) is 0 Å². The number of H-pyrrole nitrogens is 1. The molecule has 0 spiro atoms. The van der Waals surface area contributed by atoms with E-state index in [9.17, 15) is 0 Å². The minimum absolute atomic E-state index is 0.750. The topological polar surface area (TPSA) is 85.4 Å². The highest BCUT2D eigenvalue weighted by molar-refractivity contribution is 7.99. The third kappa shape index (κ3) is 2.27. The highest BCUT2D eigenvalue weighted by atomic mass is 32.2. The van der Waals surface area contributed by atoms with E-state index in [2.05, 4.69) is 25.0 Å². The second kappa shape index (κ2) is 5.07. The molecule has 7 heteroatoms. The van der Waals surface area contributed by atoms with Crippen LogP contribution in [0.15, 0.2) is 28.4 Å². The first kappa shape index (κ1) is 12.7. The fraction of sp³-hybridized carbons (Fsp3) is 0.357. The van der Waals surface area contributed by atoms with E-state index in [1.54, 1.807) is 18.0 Å². The van der Waals surface area contributed by atoms with Crippen LogP contribution in [0.5, 0.6) is 0 Å². The Kier molecular flexibility index (Phi) is 3.07. The van der Waals surface area contributed by atoms with Crippen molar-refractivity contribution in [3.05, 3.63) is 24.2 Å². The average molecular weight is 300 g/mol. The molecule has 3 N–H and O–H groups in total. The molecule has 0 saturated heterocycles. The van der Waals surface area contributed by atoms with Gasteiger partial charge in [-0.3, -0.25) is 5.10 Å². The molecule has 1 aliphatic heterocycles. The van der Waals surface area contributed by atoms with Crippen molar-refractivity contribution in [1.82, 2.24) is 25.0 Å². The Hall–Kier alpha value is -2.02. The van der Waals surface area contributed by atoms with Gasteiger partial charge in [0.1, 0.15) is 5.82 Å². The van der Waals surface area contributed by atoms with Crippen LogP contribution in [0.1, 0.15) is 25.1 Å². The highest BCUT2D eigenvalue weighted by Gasteiger charge is 2.16. The van der Waals surface area contributed by atoms with Gasteiger partial charge in [0, 0.05) is 28.9 Å². The van der Waals surface area contributed by atoms with Crippen molar-refractivity contribution in [2.45, 2.75) is 42.3 Å². The quantitative estimate of drug-likeness (QED) is 0.711. The fourth-order valence-corrected chi connectivity index (χ4v) is 3.65. The van der Waals surface area contributed by atoms with E-state index in [1.807, 2.05) is 12.1 Å². The molecule has 0 radical (unpaired) electrons. The second-order valence-corrected chi connectivity index (χ2v) is 6.32. The molecule has 2 aromatic heterocycles. The number of nitrogens with two attached hydrogens (primary N) is 1. The lowest BCUT2D eigenvalue weighted by Gasteiger charge is -2.08. The van der Waals surface area contributed by atoms with Crippen LogP contribution in [0.4, 0.5) is 5.69 Å². The minimum atomic E-state index is 0.750. The molecule has 3 heterocycles. The SMILES string of the molecule is Nc1cc2cn[nH]c2cc1Sc1nnc2n1CCCCC2. The third-order valence-corrected chi connectivity index (χ3v) is 4.91. The summed E-state index contributed by atoms with van der Waals surface area (Å²) >= 11 is 1.58. The van der Waals surface area contributed by atoms with Crippen LogP contribution < -0.4 is 5.73 Å². The Labute approximate surface area is 126 Å². The molecular weight excluding hydrogens is 284 g/mol. The van der Waals surface area contributed by atoms with Crippen LogP contribution in [0.2, 0.25) is 0 Å². The summed E-state index contributed by atoms with van der Waals surface area (Å²) in [4.78, 5) is 0.992. The summed E-state index contributed by atoms with van der Waals surface area (Å²) in [6, 6.07) is 3.97. The van der Waals surface area contributed by atoms with Gasteiger partial charge in [0.2, 0.25) is 0 Å². The van der Waals surface area contributed by atoms with Crippen molar-refractivity contribution >= 4 is 28.4 Å². The lowest BCUT2D eigenvalue weighted by atomic mass is 10.2. The maximum absolute atomic E-state index is 6.15. The Morgan fingerprint density at radius 2 is 2.14 bits per heavy atom. The number of nitrogens with one attached hydrogen (secondary N) is 1. The van der Waals surface area contributed by atoms with Gasteiger partial charge in [-0.05, 0) is 36.7 Å². The maximum atomic E-state index is 6.15. The Balaban J connectivity index is 1.71. The van der Waals surface area contributed by atoms with Gasteiger partial charge in [0.15, 0.2) is 5.16 Å². The number of benzene rings is 1. The summed E-state index contributed by atoms with van der Waals surface area (Å²) in [7, 11) is 0. The lowest BCUT2D eigenvalue weighted by molar-refractivity contribution is 0.591. The van der Waals surface area contributed by atoms with Crippen molar-refractivity contribution in [2.75, 3.05) is 5.73 Å². The Morgan fingerprint density at radius 3 is 3.10 bits per heavy atom. The molecule has 0 unspecified atom stereocenters. The van der Waals surface area contributed by atoms with Crippen molar-refractivity contribution in [1.29, 1.82) is 0 Å². The van der Waals surface area contributed by atoms with E-state index in [-0.39, 0.29) is 0 Å². The van der Waals surface area contributed by atoms with Crippen molar-refractivity contribution in [3.8, 4) is 0 Å². The maximum Gasteiger partial charge on any atom is 0.196 e. The molecular formula is C14H16N6S. The van der Waals surface area contributed by atoms with E-state index in [0.717, 1.165) is 45.4 Å². The lowest BCUT2D eigenvalue weighted by Crippen LogP contribution is -2.02. The number of aromatic nitrogens is 5. The van der Waals surface area contributed by atoms with Crippen molar-refractivity contribution < 1.29 is 0 Å². The molecule has 1 aliphatic rings. The Bertz CT molecular complexity index is 790. The molecule has 108 valence electrons. The van der Waals surface area contributed by atoms with E-state index in [0.29, 0.717) is 0 Å². The molecule has 0 atom stereocenters. The van der Waals surface area contributed by atoms with E-state index < -0.39 is 0 Å². The molecule has 0 aliphatic carbocycles. The number of hydrogen-bond acceptors (Lipinski definition) is 5. The molecule has 0 saturated carbocycles. The predicted octanol–water partition coefficient (Wildman–Crippen LogP) is 2.61. The van der Waals surface area contributed by atoms with Gasteiger partial charge in [0.25, 0.3) is 0 Å². The zero-order valence-electron chi connectivity index (χ0n) is 11.5. The predicted molar refractivity (Wildman–Crippen MR) is 82.2 cm³/mol. The summed E-state index contributed by atoms with van der Waals surface area (Å²) in [5.74, 6) is 1.09. The molecule has 0 fully saturated rings. The third-order valence-electron chi connectivity index (χ3n) is 3.85. The standard InChI is InChI=1S/C14H16N6S/c15-10-6-9-8-16-17-11(9)7-12(10)21-14-19-18-13-4-2-1-3-5-20(13)14/h6-8H,1-5,15H2,(H,16,17). The number of rotatable bonds is 2. The van der Waals surface area contributed by atoms with E-state index in [1.165, 1.54) is 19.3 Å². The van der Waals surface area contributed by atoms with Crippen LogP contribution >= 0.6 is 11.8 Å². The molecule has 0 bridgehead atoms. The molecule has 1 aromatic carbocycles. The summed E-state index contributed by atoms with van der Waals surface area (Å²) in [5.41, 5.74) is 7.89. The first-order chi connectivity index (χ1) is 10.3. The van der Waals surface area contributed by atoms with Crippen LogP contribution in [0.25, 0.3) is 10.9 Å². The summed E-state index contributed by atoms with van der Waals surface area (Å²) in [6.07, 6.45) is 6.44. The van der Waals surface area contributed by atoms with E-state index in [4.69, 9.17) is 5.73 Å². The van der Waals surface area contributed by atoms with Gasteiger partial charge in [-0.2, -0.15) is 5.10 Å². The second-order valence-electron chi connectivity index (χ2n) is 5.31. The average Bonchev–Trinajstić information content (AvgIpc) is 3.00. The monoisotopic (exact) mass is 300 g/mol. The van der Waals surface area contributed by atoms with Crippen LogP contribution in [-0.2, 0) is 13.0 Å². The minimum Gasteiger partial charge on any atom is -0.398 e. The molecule has 6 nitrogen and oxygen atoms in total. The van der Waals surface area contributed by atoms with Crippen LogP contribution in [0.3, 0.4) is 0 Å². The van der Waals surface area contributed by atoms with Gasteiger partial charge in [-0.1, -0.05) is 6.42 Å². The first-order valence-electron chi connectivity index (χ1n) is 7.14. The first-order valence-corrected chi connectivity index (χ1v) is 7.95. The molecule has 0 amide bonds. The molecule has 4 rings (SSSR count). The number of anilines is 1. The number of nitrogens with zero attached hydrogens (tertiary/aromatic N) is 4. The van der Waals surface area contributed by atoms with Gasteiger partial charge in [0.05, 0.1) is 11.7 Å². The smallest absolute Gasteiger partial charge is 0.196 e. The normalized spacial score (nSPS) is 15.0. The Morgan fingerprint density at radius 1 is 1.19 bits per heavy atom. The number of aromatic amines is 1. The van der Waals surface area contributed by atoms with E-state index >= 15 is 0 Å². The fourth-order valence-electron chi connectivity index (χ4n) is 2.71. The summed E-state index contributed by atoms with van der Waals surface area (Å²) in [6.45, 7) is 0.997. The van der Waals surface area contributed by atoms with Gasteiger partial charge in [-0.25, -0.2) is 0 Å². The molecule has 3 aromatic rings. The summed E-state index contributed by atoms with van der Waals surface area (Å²) in [5, 5.41) is 17.6.